The summed E-state index contributed by atoms with van der Waals surface area (Å²) in [5.41, 5.74) is 0.957. The highest BCUT2D eigenvalue weighted by Gasteiger charge is 2.32. The van der Waals surface area contributed by atoms with E-state index in [-0.39, 0.29) is 12.0 Å². The molecule has 21 heavy (non-hydrogen) atoms. The Balaban J connectivity index is 1.67. The molecule has 0 aromatic carbocycles. The smallest absolute Gasteiger partial charge is 0.323 e. The van der Waals surface area contributed by atoms with Gasteiger partial charge in [0.2, 0.25) is 11.7 Å². The van der Waals surface area contributed by atoms with Crippen LogP contribution in [0.2, 0.25) is 0 Å². The zero-order chi connectivity index (χ0) is 14.7. The molecule has 1 aliphatic heterocycles. The minimum Gasteiger partial charge on any atom is -0.465 e. The zero-order valence-electron chi connectivity index (χ0n) is 11.8. The first-order valence-corrected chi connectivity index (χ1v) is 7.98. The van der Waals surface area contributed by atoms with Crippen molar-refractivity contribution in [1.29, 1.82) is 0 Å². The average Bonchev–Trinajstić information content (AvgIpc) is 3.20. The zero-order valence-corrected chi connectivity index (χ0v) is 12.6. The van der Waals surface area contributed by atoms with Gasteiger partial charge < -0.3 is 9.26 Å². The molecule has 1 unspecified atom stereocenters. The summed E-state index contributed by atoms with van der Waals surface area (Å²) in [5, 5.41) is 7.94. The molecule has 1 aliphatic rings. The molecule has 1 atom stereocenters. The maximum absolute atomic E-state index is 11.9. The second-order valence-corrected chi connectivity index (χ2v) is 5.68. The molecule has 0 bridgehead atoms. The quantitative estimate of drug-likeness (QED) is 0.790. The van der Waals surface area contributed by atoms with E-state index in [2.05, 4.69) is 10.1 Å². The molecular formula is C14H17N3O3S. The van der Waals surface area contributed by atoms with Crippen LogP contribution >= 0.6 is 11.3 Å². The lowest BCUT2D eigenvalue weighted by Crippen LogP contribution is -2.36. The number of nitrogens with zero attached hydrogens (tertiary/aromatic N) is 3. The van der Waals surface area contributed by atoms with Gasteiger partial charge in [-0.15, -0.1) is 0 Å². The summed E-state index contributed by atoms with van der Waals surface area (Å²) in [6.45, 7) is 3.56. The number of likely N-dealkylation sites (tertiary alicyclic amines) is 1. The maximum atomic E-state index is 11.9. The number of esters is 1. The third-order valence-corrected chi connectivity index (χ3v) is 4.19. The molecular weight excluding hydrogens is 290 g/mol. The average molecular weight is 307 g/mol. The fourth-order valence-corrected chi connectivity index (χ4v) is 3.16. The van der Waals surface area contributed by atoms with Gasteiger partial charge in [-0.2, -0.15) is 16.3 Å². The van der Waals surface area contributed by atoms with Gasteiger partial charge in [-0.25, -0.2) is 0 Å². The van der Waals surface area contributed by atoms with Gasteiger partial charge in [-0.3, -0.25) is 9.69 Å². The first-order chi connectivity index (χ1) is 10.3. The Morgan fingerprint density at radius 2 is 2.52 bits per heavy atom. The number of carbonyl (C=O) groups excluding carboxylic acids is 1. The van der Waals surface area contributed by atoms with Crippen LogP contribution in [0.3, 0.4) is 0 Å². The van der Waals surface area contributed by atoms with E-state index in [1.807, 2.05) is 28.7 Å². The SMILES string of the molecule is CCOC(=O)C1CCCN1Cc1nc(-c2ccsc2)no1. The Morgan fingerprint density at radius 1 is 1.62 bits per heavy atom. The Hall–Kier alpha value is -1.73. The van der Waals surface area contributed by atoms with Crippen LogP contribution in [0.15, 0.2) is 21.3 Å². The first kappa shape index (κ1) is 14.2. The number of rotatable bonds is 5. The van der Waals surface area contributed by atoms with Crippen LogP contribution < -0.4 is 0 Å². The van der Waals surface area contributed by atoms with E-state index in [9.17, 15) is 4.79 Å². The second kappa shape index (κ2) is 6.36. The van der Waals surface area contributed by atoms with Gasteiger partial charge >= 0.3 is 5.97 Å². The fourth-order valence-electron chi connectivity index (χ4n) is 2.52. The Morgan fingerprint density at radius 3 is 3.29 bits per heavy atom. The van der Waals surface area contributed by atoms with Gasteiger partial charge in [0.25, 0.3) is 0 Å². The van der Waals surface area contributed by atoms with E-state index in [1.54, 1.807) is 11.3 Å². The van der Waals surface area contributed by atoms with Crippen molar-refractivity contribution in [3.63, 3.8) is 0 Å². The molecule has 3 heterocycles. The lowest BCUT2D eigenvalue weighted by atomic mass is 10.2. The molecule has 2 aromatic rings. The van der Waals surface area contributed by atoms with E-state index in [0.29, 0.717) is 24.9 Å². The second-order valence-electron chi connectivity index (χ2n) is 4.90. The highest BCUT2D eigenvalue weighted by molar-refractivity contribution is 7.08. The number of carbonyl (C=O) groups is 1. The van der Waals surface area contributed by atoms with Gasteiger partial charge in [-0.1, -0.05) is 5.16 Å². The molecule has 3 rings (SSSR count). The van der Waals surface area contributed by atoms with Crippen LogP contribution in [0, 0.1) is 0 Å². The van der Waals surface area contributed by atoms with Crippen molar-refractivity contribution in [3.8, 4) is 11.4 Å². The van der Waals surface area contributed by atoms with Crippen LogP contribution in [0.1, 0.15) is 25.7 Å². The van der Waals surface area contributed by atoms with Gasteiger partial charge in [0.1, 0.15) is 6.04 Å². The van der Waals surface area contributed by atoms with Gasteiger partial charge in [0.15, 0.2) is 0 Å². The summed E-state index contributed by atoms with van der Waals surface area (Å²) in [7, 11) is 0. The van der Waals surface area contributed by atoms with Crippen LogP contribution in [-0.2, 0) is 16.1 Å². The van der Waals surface area contributed by atoms with Crippen molar-refractivity contribution in [2.24, 2.45) is 0 Å². The van der Waals surface area contributed by atoms with E-state index < -0.39 is 0 Å². The Kier molecular flexibility index (Phi) is 4.31. The summed E-state index contributed by atoms with van der Waals surface area (Å²) < 4.78 is 10.4. The van der Waals surface area contributed by atoms with Crippen molar-refractivity contribution in [2.45, 2.75) is 32.4 Å². The molecule has 1 saturated heterocycles. The lowest BCUT2D eigenvalue weighted by Gasteiger charge is -2.20. The normalized spacial score (nSPS) is 19.0. The summed E-state index contributed by atoms with van der Waals surface area (Å²) in [5.74, 6) is 0.970. The van der Waals surface area contributed by atoms with E-state index in [0.717, 1.165) is 24.9 Å². The fraction of sp³-hybridized carbons (Fsp3) is 0.500. The van der Waals surface area contributed by atoms with Crippen LogP contribution in [0.25, 0.3) is 11.4 Å². The molecule has 0 radical (unpaired) electrons. The standard InChI is InChI=1S/C14H17N3O3S/c1-2-19-14(18)11-4-3-6-17(11)8-12-15-13(16-20-12)10-5-7-21-9-10/h5,7,9,11H,2-4,6,8H2,1H3. The minimum absolute atomic E-state index is 0.160. The van der Waals surface area contributed by atoms with E-state index in [4.69, 9.17) is 9.26 Å². The molecule has 0 amide bonds. The maximum Gasteiger partial charge on any atom is 0.323 e. The molecule has 2 aromatic heterocycles. The number of hydrogen-bond acceptors (Lipinski definition) is 7. The lowest BCUT2D eigenvalue weighted by molar-refractivity contribution is -0.148. The van der Waals surface area contributed by atoms with Crippen molar-refractivity contribution in [3.05, 3.63) is 22.7 Å². The van der Waals surface area contributed by atoms with Crippen molar-refractivity contribution >= 4 is 17.3 Å². The third kappa shape index (κ3) is 3.14. The largest absolute Gasteiger partial charge is 0.465 e. The molecule has 6 nitrogen and oxygen atoms in total. The number of aromatic nitrogens is 2. The predicted molar refractivity (Wildman–Crippen MR) is 77.7 cm³/mol. The Bertz CT molecular complexity index is 596. The molecule has 7 heteroatoms. The van der Waals surface area contributed by atoms with Gasteiger partial charge in [0.05, 0.1) is 13.2 Å². The Labute approximate surface area is 126 Å². The summed E-state index contributed by atoms with van der Waals surface area (Å²) in [6, 6.07) is 1.76. The highest BCUT2D eigenvalue weighted by Crippen LogP contribution is 2.23. The highest BCUT2D eigenvalue weighted by atomic mass is 32.1. The molecule has 0 aliphatic carbocycles. The van der Waals surface area contributed by atoms with Crippen molar-refractivity contribution in [1.82, 2.24) is 15.0 Å². The van der Waals surface area contributed by atoms with E-state index in [1.165, 1.54) is 0 Å². The van der Waals surface area contributed by atoms with Gasteiger partial charge in [0, 0.05) is 10.9 Å². The molecule has 112 valence electrons. The van der Waals surface area contributed by atoms with Crippen LogP contribution in [0.5, 0.6) is 0 Å². The van der Waals surface area contributed by atoms with Crippen LogP contribution in [0.4, 0.5) is 0 Å². The van der Waals surface area contributed by atoms with E-state index >= 15 is 0 Å². The van der Waals surface area contributed by atoms with Crippen molar-refractivity contribution < 1.29 is 14.1 Å². The number of hydrogen-bond donors (Lipinski definition) is 0. The summed E-state index contributed by atoms with van der Waals surface area (Å²) in [4.78, 5) is 18.3. The third-order valence-electron chi connectivity index (χ3n) is 3.51. The monoisotopic (exact) mass is 307 g/mol. The van der Waals surface area contributed by atoms with Crippen molar-refractivity contribution in [2.75, 3.05) is 13.2 Å². The number of thiophene rings is 1. The first-order valence-electron chi connectivity index (χ1n) is 7.03. The molecule has 1 fully saturated rings. The molecule has 0 spiro atoms. The predicted octanol–water partition coefficient (Wildman–Crippen LogP) is 2.33. The molecule has 0 N–H and O–H groups in total. The summed E-state index contributed by atoms with van der Waals surface area (Å²) >= 11 is 1.59. The minimum atomic E-state index is -0.193. The van der Waals surface area contributed by atoms with Crippen LogP contribution in [-0.4, -0.2) is 40.2 Å². The number of ether oxygens (including phenoxy) is 1. The molecule has 0 saturated carbocycles. The van der Waals surface area contributed by atoms with Gasteiger partial charge in [-0.05, 0) is 37.8 Å². The topological polar surface area (TPSA) is 68.5 Å². The summed E-state index contributed by atoms with van der Waals surface area (Å²) in [6.07, 6.45) is 1.80.